The molecule has 3 aromatic rings. The van der Waals surface area contributed by atoms with E-state index in [9.17, 15) is 9.59 Å². The normalized spacial score (nSPS) is 17.9. The molecule has 1 atom stereocenters. The van der Waals surface area contributed by atoms with E-state index in [0.717, 1.165) is 54.7 Å². The van der Waals surface area contributed by atoms with E-state index in [4.69, 9.17) is 0 Å². The van der Waals surface area contributed by atoms with E-state index in [1.165, 1.54) is 11.1 Å². The fourth-order valence-electron chi connectivity index (χ4n) is 4.82. The van der Waals surface area contributed by atoms with Gasteiger partial charge in [0.25, 0.3) is 5.91 Å². The van der Waals surface area contributed by atoms with Crippen molar-refractivity contribution in [3.8, 4) is 5.69 Å². The Kier molecular flexibility index (Phi) is 4.74. The first-order valence-electron chi connectivity index (χ1n) is 10.7. The topological polar surface area (TPSA) is 64.0 Å². The number of Topliss-reactive ketones (excluding diaryl/α,β-unsaturated/α-hetero) is 1. The van der Waals surface area contributed by atoms with E-state index in [1.54, 1.807) is 0 Å². The maximum absolute atomic E-state index is 12.9. The highest BCUT2D eigenvalue weighted by Crippen LogP contribution is 2.30. The van der Waals surface area contributed by atoms with Crippen LogP contribution in [0.4, 0.5) is 0 Å². The second-order valence-electron chi connectivity index (χ2n) is 8.26. The van der Waals surface area contributed by atoms with Crippen LogP contribution < -0.4 is 5.32 Å². The first kappa shape index (κ1) is 18.8. The van der Waals surface area contributed by atoms with Gasteiger partial charge in [0.05, 0.1) is 28.7 Å². The molecular weight excluding hydrogens is 374 g/mol. The van der Waals surface area contributed by atoms with Crippen molar-refractivity contribution in [2.45, 2.75) is 51.5 Å². The fourth-order valence-corrected chi connectivity index (χ4v) is 4.82. The summed E-state index contributed by atoms with van der Waals surface area (Å²) < 4.78 is 1.86. The number of carbonyl (C=O) groups is 2. The number of nitrogens with zero attached hydrogens (tertiary/aromatic N) is 2. The van der Waals surface area contributed by atoms with Crippen molar-refractivity contribution in [2.24, 2.45) is 0 Å². The van der Waals surface area contributed by atoms with E-state index in [-0.39, 0.29) is 17.7 Å². The van der Waals surface area contributed by atoms with Crippen LogP contribution in [0.3, 0.4) is 0 Å². The largest absolute Gasteiger partial charge is 0.345 e. The number of ketones is 1. The summed E-state index contributed by atoms with van der Waals surface area (Å²) in [6.45, 7) is 1.89. The Bertz CT molecular complexity index is 1130. The molecule has 0 bridgehead atoms. The summed E-state index contributed by atoms with van der Waals surface area (Å²) in [7, 11) is 0. The molecule has 5 nitrogen and oxygen atoms in total. The molecule has 0 saturated heterocycles. The third-order valence-electron chi connectivity index (χ3n) is 6.30. The molecular formula is C25H25N3O2. The average molecular weight is 399 g/mol. The molecule has 2 aliphatic rings. The Morgan fingerprint density at radius 2 is 1.83 bits per heavy atom. The van der Waals surface area contributed by atoms with Gasteiger partial charge in [0, 0.05) is 12.0 Å². The molecule has 0 radical (unpaired) electrons. The highest BCUT2D eigenvalue weighted by atomic mass is 16.1. The van der Waals surface area contributed by atoms with Gasteiger partial charge in [-0.1, -0.05) is 24.3 Å². The van der Waals surface area contributed by atoms with Crippen LogP contribution in [0.25, 0.3) is 5.69 Å². The number of hydrogen-bond acceptors (Lipinski definition) is 3. The number of nitrogens with one attached hydrogen (secondary N) is 1. The number of amides is 1. The number of carbonyl (C=O) groups excluding carboxylic acids is 2. The molecule has 0 aliphatic heterocycles. The lowest BCUT2D eigenvalue weighted by atomic mass is 9.87. The number of rotatable bonds is 3. The SMILES string of the molecule is Cc1nn(-c2ccc(C(=O)N[C@H]3CCCc4ccccc43)cc2)c2c1C(=O)CCC2. The van der Waals surface area contributed by atoms with Crippen molar-refractivity contribution in [3.63, 3.8) is 0 Å². The highest BCUT2D eigenvalue weighted by Gasteiger charge is 2.26. The molecule has 2 aliphatic carbocycles. The molecule has 0 saturated carbocycles. The van der Waals surface area contributed by atoms with Crippen molar-refractivity contribution < 1.29 is 9.59 Å². The molecule has 5 heteroatoms. The molecule has 30 heavy (non-hydrogen) atoms. The van der Waals surface area contributed by atoms with Gasteiger partial charge < -0.3 is 5.32 Å². The summed E-state index contributed by atoms with van der Waals surface area (Å²) in [5.74, 6) is 0.126. The molecule has 5 rings (SSSR count). The summed E-state index contributed by atoms with van der Waals surface area (Å²) in [6, 6.07) is 15.9. The minimum Gasteiger partial charge on any atom is -0.345 e. The summed E-state index contributed by atoms with van der Waals surface area (Å²) in [5.41, 5.74) is 6.63. The third-order valence-corrected chi connectivity index (χ3v) is 6.30. The molecule has 2 aromatic carbocycles. The lowest BCUT2D eigenvalue weighted by molar-refractivity contribution is 0.0931. The van der Waals surface area contributed by atoms with Gasteiger partial charge in [-0.05, 0) is 74.4 Å². The van der Waals surface area contributed by atoms with Gasteiger partial charge in [-0.25, -0.2) is 4.68 Å². The lowest BCUT2D eigenvalue weighted by Gasteiger charge is -2.26. The summed E-state index contributed by atoms with van der Waals surface area (Å²) in [4.78, 5) is 25.1. The smallest absolute Gasteiger partial charge is 0.251 e. The minimum atomic E-state index is -0.0582. The molecule has 1 amide bonds. The Morgan fingerprint density at radius 3 is 2.67 bits per heavy atom. The third kappa shape index (κ3) is 3.24. The van der Waals surface area contributed by atoms with Crippen molar-refractivity contribution in [3.05, 3.63) is 82.2 Å². The number of fused-ring (bicyclic) bond motifs is 2. The van der Waals surface area contributed by atoms with Crippen molar-refractivity contribution >= 4 is 11.7 Å². The molecule has 0 spiro atoms. The van der Waals surface area contributed by atoms with Crippen LogP contribution in [-0.4, -0.2) is 21.5 Å². The van der Waals surface area contributed by atoms with E-state index in [0.29, 0.717) is 12.0 Å². The van der Waals surface area contributed by atoms with Gasteiger partial charge in [-0.2, -0.15) is 5.10 Å². The lowest BCUT2D eigenvalue weighted by Crippen LogP contribution is -2.30. The van der Waals surface area contributed by atoms with Crippen molar-refractivity contribution in [1.29, 1.82) is 0 Å². The summed E-state index contributed by atoms with van der Waals surface area (Å²) in [5, 5.41) is 7.81. The Morgan fingerprint density at radius 1 is 1.03 bits per heavy atom. The van der Waals surface area contributed by atoms with Gasteiger partial charge in [0.2, 0.25) is 0 Å². The quantitative estimate of drug-likeness (QED) is 0.705. The molecule has 1 aromatic heterocycles. The van der Waals surface area contributed by atoms with Gasteiger partial charge in [0.1, 0.15) is 0 Å². The predicted octanol–water partition coefficient (Wildman–Crippen LogP) is 4.51. The highest BCUT2D eigenvalue weighted by molar-refractivity contribution is 5.99. The Balaban J connectivity index is 1.37. The van der Waals surface area contributed by atoms with Crippen LogP contribution in [0.5, 0.6) is 0 Å². The second kappa shape index (κ2) is 7.56. The van der Waals surface area contributed by atoms with Crippen LogP contribution in [0, 0.1) is 6.92 Å². The Hall–Kier alpha value is -3.21. The number of hydrogen-bond donors (Lipinski definition) is 1. The number of benzene rings is 2. The van der Waals surface area contributed by atoms with Gasteiger partial charge >= 0.3 is 0 Å². The standard InChI is InChI=1S/C25H25N3O2/c1-16-24-22(10-5-11-23(24)29)28(27-16)19-14-12-18(13-15-19)25(30)26-21-9-4-7-17-6-2-3-8-20(17)21/h2-3,6,8,12-15,21H,4-5,7,9-11H2,1H3,(H,26,30)/t21-/m0/s1. The van der Waals surface area contributed by atoms with E-state index in [2.05, 4.69) is 28.6 Å². The monoisotopic (exact) mass is 399 g/mol. The zero-order valence-corrected chi connectivity index (χ0v) is 17.1. The maximum Gasteiger partial charge on any atom is 0.251 e. The van der Waals surface area contributed by atoms with E-state index >= 15 is 0 Å². The van der Waals surface area contributed by atoms with Crippen LogP contribution in [0.1, 0.15) is 75.0 Å². The average Bonchev–Trinajstić information content (AvgIpc) is 3.12. The molecule has 0 unspecified atom stereocenters. The second-order valence-corrected chi connectivity index (χ2v) is 8.26. The van der Waals surface area contributed by atoms with E-state index in [1.807, 2.05) is 41.9 Å². The molecule has 1 heterocycles. The number of aryl methyl sites for hydroxylation is 2. The van der Waals surface area contributed by atoms with Gasteiger partial charge in [-0.3, -0.25) is 9.59 Å². The van der Waals surface area contributed by atoms with Crippen LogP contribution in [0.2, 0.25) is 0 Å². The van der Waals surface area contributed by atoms with Gasteiger partial charge in [0.15, 0.2) is 5.78 Å². The fraction of sp³-hybridized carbons (Fsp3) is 0.320. The summed E-state index contributed by atoms with van der Waals surface area (Å²) >= 11 is 0. The van der Waals surface area contributed by atoms with Crippen LogP contribution in [-0.2, 0) is 12.8 Å². The first-order chi connectivity index (χ1) is 14.6. The van der Waals surface area contributed by atoms with Gasteiger partial charge in [-0.15, -0.1) is 0 Å². The zero-order chi connectivity index (χ0) is 20.7. The minimum absolute atomic E-state index is 0.0582. The van der Waals surface area contributed by atoms with E-state index < -0.39 is 0 Å². The molecule has 1 N–H and O–H groups in total. The number of aromatic nitrogens is 2. The molecule has 0 fully saturated rings. The van der Waals surface area contributed by atoms with Crippen molar-refractivity contribution in [1.82, 2.24) is 15.1 Å². The summed E-state index contributed by atoms with van der Waals surface area (Å²) in [6.07, 6.45) is 5.44. The predicted molar refractivity (Wildman–Crippen MR) is 115 cm³/mol. The Labute approximate surface area is 176 Å². The first-order valence-corrected chi connectivity index (χ1v) is 10.7. The van der Waals surface area contributed by atoms with Crippen LogP contribution >= 0.6 is 0 Å². The maximum atomic E-state index is 12.9. The van der Waals surface area contributed by atoms with Crippen LogP contribution in [0.15, 0.2) is 48.5 Å². The zero-order valence-electron chi connectivity index (χ0n) is 17.1. The molecule has 152 valence electrons. The van der Waals surface area contributed by atoms with Crippen molar-refractivity contribution in [2.75, 3.05) is 0 Å².